The van der Waals surface area contributed by atoms with Crippen LogP contribution in [-0.2, 0) is 0 Å². The van der Waals surface area contributed by atoms with Crippen molar-refractivity contribution in [3.63, 3.8) is 0 Å². The Hall–Kier alpha value is -1.00. The molecule has 2 nitrogen and oxygen atoms in total. The maximum absolute atomic E-state index is 5.00. The Morgan fingerprint density at radius 1 is 0.833 bits per heavy atom. The molecule has 4 heteroatoms. The van der Waals surface area contributed by atoms with Gasteiger partial charge in [-0.15, -0.1) is 0 Å². The first-order valence-corrected chi connectivity index (χ1v) is 6.84. The Kier molecular flexibility index (Phi) is 6.83. The number of hydrogen-bond donors (Lipinski definition) is 0. The fraction of sp³-hybridized carbons (Fsp3) is 0.143. The van der Waals surface area contributed by atoms with Crippen LogP contribution in [0.5, 0.6) is 11.5 Å². The van der Waals surface area contributed by atoms with E-state index in [9.17, 15) is 0 Å². The van der Waals surface area contributed by atoms with Crippen molar-refractivity contribution in [2.24, 2.45) is 0 Å². The van der Waals surface area contributed by atoms with Crippen LogP contribution < -0.4 is 9.47 Å². The zero-order valence-corrected chi connectivity index (χ0v) is 13.4. The van der Waals surface area contributed by atoms with Crippen LogP contribution in [0.2, 0.25) is 0 Å². The first-order chi connectivity index (χ1) is 8.67. The van der Waals surface area contributed by atoms with Gasteiger partial charge in [0, 0.05) is 4.47 Å². The molecule has 0 saturated carbocycles. The summed E-state index contributed by atoms with van der Waals surface area (Å²) in [6.07, 6.45) is 0. The topological polar surface area (TPSA) is 18.5 Å². The summed E-state index contributed by atoms with van der Waals surface area (Å²) in [4.78, 5) is 0. The predicted molar refractivity (Wildman–Crippen MR) is 81.4 cm³/mol. The molecule has 0 heterocycles. The molecule has 2 aromatic carbocycles. The van der Waals surface area contributed by atoms with Crippen molar-refractivity contribution in [1.29, 1.82) is 0 Å². The summed E-state index contributed by atoms with van der Waals surface area (Å²) in [5.41, 5.74) is 0. The van der Waals surface area contributed by atoms with Gasteiger partial charge in [-0.2, -0.15) is 0 Å². The second-order valence-electron chi connectivity index (χ2n) is 3.30. The first-order valence-electron chi connectivity index (χ1n) is 5.25. The van der Waals surface area contributed by atoms with E-state index in [1.165, 1.54) is 0 Å². The number of ether oxygens (including phenoxy) is 2. The Morgan fingerprint density at radius 2 is 1.56 bits per heavy atom. The fourth-order valence-electron chi connectivity index (χ4n) is 1.20. The van der Waals surface area contributed by atoms with E-state index in [1.54, 1.807) is 14.2 Å². The molecule has 0 aliphatic carbocycles. The number of benzene rings is 2. The molecule has 18 heavy (non-hydrogen) atoms. The minimum absolute atomic E-state index is 0.873. The monoisotopic (exact) mass is 372 g/mol. The molecule has 96 valence electrons. The van der Waals surface area contributed by atoms with E-state index in [1.807, 2.05) is 48.5 Å². The van der Waals surface area contributed by atoms with Crippen LogP contribution in [0.1, 0.15) is 0 Å². The average Bonchev–Trinajstić information content (AvgIpc) is 2.40. The molecule has 0 atom stereocenters. The molecular formula is C14H14Br2O2. The van der Waals surface area contributed by atoms with Gasteiger partial charge in [0.15, 0.2) is 0 Å². The number of hydrogen-bond acceptors (Lipinski definition) is 2. The molecular weight excluding hydrogens is 360 g/mol. The summed E-state index contributed by atoms with van der Waals surface area (Å²) >= 11 is 6.65. The van der Waals surface area contributed by atoms with Gasteiger partial charge in [-0.3, -0.25) is 0 Å². The third-order valence-corrected chi connectivity index (χ3v) is 3.24. The molecule has 2 rings (SSSR count). The van der Waals surface area contributed by atoms with Crippen LogP contribution in [0.15, 0.2) is 57.5 Å². The molecule has 0 aromatic heterocycles. The minimum atomic E-state index is 0.873. The maximum Gasteiger partial charge on any atom is 0.133 e. The highest BCUT2D eigenvalue weighted by Crippen LogP contribution is 2.22. The van der Waals surface area contributed by atoms with Gasteiger partial charge in [0.05, 0.1) is 18.7 Å². The fourth-order valence-corrected chi connectivity index (χ4v) is 2.03. The molecule has 0 radical (unpaired) electrons. The highest BCUT2D eigenvalue weighted by molar-refractivity contribution is 9.10. The van der Waals surface area contributed by atoms with E-state index in [0.717, 1.165) is 20.4 Å². The van der Waals surface area contributed by atoms with Crippen molar-refractivity contribution < 1.29 is 9.47 Å². The van der Waals surface area contributed by atoms with Crippen LogP contribution in [0.25, 0.3) is 0 Å². The zero-order chi connectivity index (χ0) is 13.4. The van der Waals surface area contributed by atoms with Gasteiger partial charge in [0.2, 0.25) is 0 Å². The minimum Gasteiger partial charge on any atom is -0.497 e. The van der Waals surface area contributed by atoms with Crippen LogP contribution in [-0.4, -0.2) is 14.2 Å². The number of para-hydroxylation sites is 1. The largest absolute Gasteiger partial charge is 0.497 e. The second-order valence-corrected chi connectivity index (χ2v) is 5.07. The van der Waals surface area contributed by atoms with Gasteiger partial charge < -0.3 is 9.47 Å². The van der Waals surface area contributed by atoms with Crippen molar-refractivity contribution in [3.05, 3.63) is 57.5 Å². The number of rotatable bonds is 2. The van der Waals surface area contributed by atoms with E-state index in [2.05, 4.69) is 31.9 Å². The lowest BCUT2D eigenvalue weighted by Crippen LogP contribution is -1.81. The smallest absolute Gasteiger partial charge is 0.133 e. The van der Waals surface area contributed by atoms with Gasteiger partial charge in [-0.25, -0.2) is 0 Å². The molecule has 0 bridgehead atoms. The molecule has 0 fully saturated rings. The number of halogens is 2. The van der Waals surface area contributed by atoms with Gasteiger partial charge in [-0.05, 0) is 46.3 Å². The molecule has 0 aliphatic rings. The molecule has 0 unspecified atom stereocenters. The molecule has 0 N–H and O–H groups in total. The van der Waals surface area contributed by atoms with Crippen molar-refractivity contribution in [2.75, 3.05) is 14.2 Å². The highest BCUT2D eigenvalue weighted by atomic mass is 79.9. The molecule has 0 spiro atoms. The standard InChI is InChI=1S/2C7H7BrO/c1-9-7-4-2-3-6(8)5-7;1-9-7-5-3-2-4-6(7)8/h2*2-5H,1H3. The Balaban J connectivity index is 0.000000180. The van der Waals surface area contributed by atoms with E-state index in [0.29, 0.717) is 0 Å². The molecule has 0 aliphatic heterocycles. The highest BCUT2D eigenvalue weighted by Gasteiger charge is 1.93. The summed E-state index contributed by atoms with van der Waals surface area (Å²) in [5.74, 6) is 1.75. The predicted octanol–water partition coefficient (Wildman–Crippen LogP) is 4.92. The van der Waals surface area contributed by atoms with Crippen molar-refractivity contribution >= 4 is 31.9 Å². The first kappa shape index (κ1) is 15.1. The van der Waals surface area contributed by atoms with Crippen LogP contribution >= 0.6 is 31.9 Å². The SMILES string of the molecule is COc1cccc(Br)c1.COc1ccccc1Br. The van der Waals surface area contributed by atoms with Crippen molar-refractivity contribution in [1.82, 2.24) is 0 Å². The lowest BCUT2D eigenvalue weighted by molar-refractivity contribution is 0.412. The quantitative estimate of drug-likeness (QED) is 0.744. The normalized spacial score (nSPS) is 9.11. The lowest BCUT2D eigenvalue weighted by atomic mass is 10.3. The molecule has 0 saturated heterocycles. The summed E-state index contributed by atoms with van der Waals surface area (Å²) in [7, 11) is 3.31. The summed E-state index contributed by atoms with van der Waals surface area (Å²) in [5, 5.41) is 0. The Morgan fingerprint density at radius 3 is 2.00 bits per heavy atom. The third kappa shape index (κ3) is 5.10. The van der Waals surface area contributed by atoms with Crippen LogP contribution in [0.4, 0.5) is 0 Å². The maximum atomic E-state index is 5.00. The van der Waals surface area contributed by atoms with Gasteiger partial charge in [0.1, 0.15) is 11.5 Å². The lowest BCUT2D eigenvalue weighted by Gasteiger charge is -1.99. The second kappa shape index (κ2) is 8.16. The average molecular weight is 374 g/mol. The molecule has 0 amide bonds. The third-order valence-electron chi connectivity index (χ3n) is 2.09. The molecule has 2 aromatic rings. The van der Waals surface area contributed by atoms with Crippen molar-refractivity contribution in [2.45, 2.75) is 0 Å². The van der Waals surface area contributed by atoms with E-state index >= 15 is 0 Å². The summed E-state index contributed by atoms with van der Waals surface area (Å²) in [6.45, 7) is 0. The van der Waals surface area contributed by atoms with E-state index in [4.69, 9.17) is 9.47 Å². The van der Waals surface area contributed by atoms with Crippen molar-refractivity contribution in [3.8, 4) is 11.5 Å². The number of methoxy groups -OCH3 is 2. The Labute approximate surface area is 124 Å². The van der Waals surface area contributed by atoms with Gasteiger partial charge >= 0.3 is 0 Å². The van der Waals surface area contributed by atoms with E-state index in [-0.39, 0.29) is 0 Å². The van der Waals surface area contributed by atoms with Crippen LogP contribution in [0, 0.1) is 0 Å². The van der Waals surface area contributed by atoms with Gasteiger partial charge in [-0.1, -0.05) is 34.1 Å². The van der Waals surface area contributed by atoms with E-state index < -0.39 is 0 Å². The van der Waals surface area contributed by atoms with Gasteiger partial charge in [0.25, 0.3) is 0 Å². The van der Waals surface area contributed by atoms with Crippen LogP contribution in [0.3, 0.4) is 0 Å². The summed E-state index contributed by atoms with van der Waals surface area (Å²) < 4.78 is 12.0. The zero-order valence-electron chi connectivity index (χ0n) is 10.2. The summed E-state index contributed by atoms with van der Waals surface area (Å²) in [6, 6.07) is 15.5. The Bertz CT molecular complexity index is 487.